The first-order chi connectivity index (χ1) is 46.2. The van der Waals surface area contributed by atoms with Crippen LogP contribution in [-0.2, 0) is 65.6 Å². The summed E-state index contributed by atoms with van der Waals surface area (Å²) in [6.07, 6.45) is -5.42. The molecule has 2 aliphatic rings. The third-order valence-electron chi connectivity index (χ3n) is 19.0. The van der Waals surface area contributed by atoms with Crippen molar-refractivity contribution >= 4 is 75.4 Å². The second-order valence-electron chi connectivity index (χ2n) is 27.6. The van der Waals surface area contributed by atoms with Gasteiger partial charge in [0.1, 0.15) is 30.2 Å². The monoisotopic (exact) mass is 1400 g/mol. The van der Waals surface area contributed by atoms with Crippen LogP contribution in [0.25, 0.3) is 0 Å². The van der Waals surface area contributed by atoms with E-state index in [1.807, 2.05) is 90.9 Å². The van der Waals surface area contributed by atoms with Crippen LogP contribution in [0.2, 0.25) is 0 Å². The van der Waals surface area contributed by atoms with Crippen LogP contribution in [-0.4, -0.2) is 229 Å². The van der Waals surface area contributed by atoms with Gasteiger partial charge >= 0.3 is 22.7 Å². The van der Waals surface area contributed by atoms with Crippen LogP contribution in [0.5, 0.6) is 0 Å². The molecule has 11 N–H and O–H groups in total. The molecular formula is C69H113AlF3N13O12. The molecule has 2 aliphatic heterocycles. The second kappa shape index (κ2) is 40.8. The Morgan fingerprint density at radius 2 is 1.39 bits per heavy atom. The third kappa shape index (κ3) is 25.4. The van der Waals surface area contributed by atoms with E-state index in [0.717, 1.165) is 5.56 Å². The lowest BCUT2D eigenvalue weighted by atomic mass is 9.89. The van der Waals surface area contributed by atoms with Crippen LogP contribution in [0.1, 0.15) is 138 Å². The average Bonchev–Trinajstić information content (AvgIpc) is 1.25. The molecule has 9 amide bonds. The molecular weight excluding hydrogens is 1290 g/mol. The van der Waals surface area contributed by atoms with E-state index in [1.165, 1.54) is 19.1 Å². The number of ether oxygens (including phenoxy) is 2. The number of alkyl halides is 3. The molecule has 0 spiro atoms. The number of piperidine rings is 1. The fourth-order valence-corrected chi connectivity index (χ4v) is 13.8. The van der Waals surface area contributed by atoms with Crippen LogP contribution >= 0.6 is 0 Å². The number of halogens is 3. The Balaban J connectivity index is 1.43. The van der Waals surface area contributed by atoms with Crippen LogP contribution in [0.15, 0.2) is 54.6 Å². The summed E-state index contributed by atoms with van der Waals surface area (Å²) in [5.41, 5.74) is 7.20. The average molecular weight is 1400 g/mol. The molecule has 2 saturated heterocycles. The molecule has 14 atom stereocenters. The minimum atomic E-state index is -4.57. The molecule has 0 bridgehead atoms. The maximum atomic E-state index is 14.6. The Morgan fingerprint density at radius 3 is 1.95 bits per heavy atom. The van der Waals surface area contributed by atoms with E-state index in [2.05, 4.69) is 41.5 Å². The lowest BCUT2D eigenvalue weighted by Gasteiger charge is -2.41. The Bertz CT molecular complexity index is 2870. The summed E-state index contributed by atoms with van der Waals surface area (Å²) >= 11 is 0.325. The number of amides is 9. The summed E-state index contributed by atoms with van der Waals surface area (Å²) in [6.45, 7) is 17.3. The van der Waals surface area contributed by atoms with Crippen molar-refractivity contribution in [2.45, 2.75) is 213 Å². The zero-order valence-corrected chi connectivity index (χ0v) is 62.3. The SMILES string of the molecule is CC[C@H](C)[C@@H]([C@@H](CC(=O)N1CCC[C@H]1[C@H](OC)[C@@H](C)C(=O)N[C@@H](Cc1ccccc1)C(=O)NCc1ccc(NC(=O)[C@H](CCCNC(N)O)NC(=O)[C@@H](NC(=O)CCCN2CC[C@@H](C(=O)[NH][AlH2])C[C@H]2C(F)(F)F)C(C)C)cc1)OC)N(C)C(=O)[C@@H](NC(=O)[C@H](C(C)C)N(C)C)C(C)C. The molecule has 0 aromatic heterocycles. The number of rotatable bonds is 39. The van der Waals surface area contributed by atoms with Crippen LogP contribution in [0, 0.1) is 35.5 Å². The molecule has 25 nitrogen and oxygen atoms in total. The summed E-state index contributed by atoms with van der Waals surface area (Å²) in [7, 11) is 8.36. The van der Waals surface area contributed by atoms with Gasteiger partial charge in [-0.2, -0.15) is 13.2 Å². The van der Waals surface area contributed by atoms with Crippen molar-refractivity contribution in [3.63, 3.8) is 0 Å². The first-order valence-corrected chi connectivity index (χ1v) is 35.6. The third-order valence-corrected chi connectivity index (χ3v) is 19.5. The molecule has 0 saturated carbocycles. The van der Waals surface area contributed by atoms with E-state index in [9.17, 15) is 61.4 Å². The smallest absolute Gasteiger partial charge is 0.404 e. The van der Waals surface area contributed by atoms with Crippen LogP contribution in [0.4, 0.5) is 18.9 Å². The number of methoxy groups -OCH3 is 2. The highest BCUT2D eigenvalue weighted by Crippen LogP contribution is 2.35. The fourth-order valence-electron chi connectivity index (χ4n) is 13.4. The molecule has 29 heteroatoms. The van der Waals surface area contributed by atoms with Gasteiger partial charge in [-0.15, -0.1) is 0 Å². The number of anilines is 1. The molecule has 1 unspecified atom stereocenters. The maximum Gasteiger partial charge on any atom is 0.404 e. The minimum absolute atomic E-state index is 0.0128. The van der Waals surface area contributed by atoms with Gasteiger partial charge in [-0.25, -0.2) is 0 Å². The highest BCUT2D eigenvalue weighted by molar-refractivity contribution is 6.14. The normalized spacial score (nSPS) is 19.4. The molecule has 0 aliphatic carbocycles. The number of hydrogen-bond acceptors (Lipinski definition) is 16. The van der Waals surface area contributed by atoms with Crippen molar-refractivity contribution in [1.29, 1.82) is 0 Å². The van der Waals surface area contributed by atoms with Crippen LogP contribution in [0.3, 0.4) is 0 Å². The van der Waals surface area contributed by atoms with Gasteiger partial charge in [-0.05, 0) is 126 Å². The molecule has 2 aromatic rings. The van der Waals surface area contributed by atoms with Crippen LogP contribution < -0.4 is 47.3 Å². The van der Waals surface area contributed by atoms with Gasteiger partial charge in [0.05, 0.1) is 42.7 Å². The lowest BCUT2D eigenvalue weighted by molar-refractivity contribution is -0.196. The standard InChI is InChI=1S/C69H112F3N13O12.Al.2H/c1-15-43(8)59(83(12)67(94)57(41(4)5)81-66(93)58(42(6)7)82(10)11)52(96-13)38-55(87)85-34-20-25-51(85)60(97-14)44(9)62(89)79-50(36-45-22-17-16-18-23-45)63(90)76-39-46-27-29-48(30-28-46)77-64(91)49(24-19-32-75-68(74)95)78-65(92)56(40(2)3)80-54(86)26-21-33-84-35-31-47(61(73)88)37-53(84)69(70,71)72;;;/h16-18,22-23,27-30,40-44,47,49-53,56-60,68,75,95H,15,19-21,24-26,31-39,74H2,1-14H3,(H8,73,76,77,78,79,80,81,86,88,89,90,91,92,93);;;/q;+1;;/p-1/t43-,44+,47+,49-,50-,51-,52+,53-,56-,57-,58-,59-,60+,68?;;;/m0.../s1. The van der Waals surface area contributed by atoms with Crippen molar-refractivity contribution in [2.24, 2.45) is 41.2 Å². The maximum absolute atomic E-state index is 14.6. The van der Waals surface area contributed by atoms with E-state index in [1.54, 1.807) is 61.9 Å². The van der Waals surface area contributed by atoms with Gasteiger partial charge in [0.15, 0.2) is 12.3 Å². The first kappa shape index (κ1) is 84.1. The Hall–Kier alpha value is -6.29. The number of nitrogens with zero attached hydrogens (tertiary/aromatic N) is 4. The highest BCUT2D eigenvalue weighted by Gasteiger charge is 2.48. The number of carbonyl (C=O) groups excluding carboxylic acids is 9. The van der Waals surface area contributed by atoms with Gasteiger partial charge in [0.25, 0.3) is 0 Å². The summed E-state index contributed by atoms with van der Waals surface area (Å²) in [4.78, 5) is 131. The number of aliphatic hydroxyl groups excluding tert-OH is 1. The molecule has 0 radical (unpaired) electrons. The molecule has 4 rings (SSSR count). The quantitative estimate of drug-likeness (QED) is 0.0261. The first-order valence-electron chi connectivity index (χ1n) is 34.6. The molecule has 2 aromatic carbocycles. The lowest BCUT2D eigenvalue weighted by Crippen LogP contribution is -2.59. The van der Waals surface area contributed by atoms with Gasteiger partial charge in [0, 0.05) is 58.8 Å². The Kier molecular flexibility index (Phi) is 35.1. The van der Waals surface area contributed by atoms with Crippen molar-refractivity contribution in [3.05, 3.63) is 65.7 Å². The minimum Gasteiger partial charge on any atom is -0.452 e. The fraction of sp³-hybridized carbons (Fsp3) is 0.696. The number of carbonyl (C=O) groups is 9. The summed E-state index contributed by atoms with van der Waals surface area (Å²) in [5.74, 6) is -6.43. The summed E-state index contributed by atoms with van der Waals surface area (Å²) in [6, 6.07) is 8.24. The molecule has 550 valence electrons. The van der Waals surface area contributed by atoms with Crippen molar-refractivity contribution in [2.75, 3.05) is 66.9 Å². The van der Waals surface area contributed by atoms with E-state index in [4.69, 9.17) is 15.2 Å². The van der Waals surface area contributed by atoms with Gasteiger partial charge in [0.2, 0.25) is 47.3 Å². The molecule has 98 heavy (non-hydrogen) atoms. The highest BCUT2D eigenvalue weighted by atomic mass is 27.1. The van der Waals surface area contributed by atoms with Crippen molar-refractivity contribution < 1.29 is 70.9 Å². The molecule has 2 heterocycles. The zero-order chi connectivity index (χ0) is 73.3. The number of nitrogens with one attached hydrogen (secondary N) is 8. The van der Waals surface area contributed by atoms with Crippen molar-refractivity contribution in [1.82, 2.24) is 55.8 Å². The number of nitrogens with two attached hydrogens (primary N) is 1. The summed E-state index contributed by atoms with van der Waals surface area (Å²) < 4.78 is 57.0. The predicted molar refractivity (Wildman–Crippen MR) is 370 cm³/mol. The van der Waals surface area contributed by atoms with Gasteiger partial charge in [-0.3, -0.25) is 64.0 Å². The Morgan fingerprint density at radius 1 is 0.745 bits per heavy atom. The largest absolute Gasteiger partial charge is 0.452 e. The van der Waals surface area contributed by atoms with E-state index >= 15 is 0 Å². The number of hydrogen-bond donors (Lipinski definition) is 10. The number of benzene rings is 2. The number of likely N-dealkylation sites (tertiary alicyclic amines) is 2. The Labute approximate surface area is 585 Å². The molecule has 2 fully saturated rings. The number of likely N-dealkylation sites (N-methyl/N-ethyl adjacent to an activating group) is 2. The topological polar surface area (TPSA) is 328 Å². The van der Waals surface area contributed by atoms with E-state index in [-0.39, 0.29) is 119 Å². The van der Waals surface area contributed by atoms with Crippen molar-refractivity contribution in [3.8, 4) is 0 Å². The van der Waals surface area contributed by atoms with E-state index in [0.29, 0.717) is 53.6 Å². The van der Waals surface area contributed by atoms with Gasteiger partial charge in [-0.1, -0.05) is 111 Å². The predicted octanol–water partition coefficient (Wildman–Crippen LogP) is 2.93. The second-order valence-corrected chi connectivity index (χ2v) is 28.1. The van der Waals surface area contributed by atoms with E-state index < -0.39 is 120 Å². The van der Waals surface area contributed by atoms with Gasteiger partial charge < -0.3 is 60.6 Å². The summed E-state index contributed by atoms with van der Waals surface area (Å²) in [5, 5.41) is 29.4. The number of aliphatic hydroxyl groups is 1. The zero-order valence-electron chi connectivity index (χ0n) is 60.3.